The third kappa shape index (κ3) is 9.42. The molecule has 0 unspecified atom stereocenters. The van der Waals surface area contributed by atoms with Gasteiger partial charge in [0, 0.05) is 61.4 Å². The second kappa shape index (κ2) is 17.1. The van der Waals surface area contributed by atoms with Gasteiger partial charge in [-0.3, -0.25) is 0 Å². The Hall–Kier alpha value is -5.12. The molecule has 0 saturated heterocycles. The van der Waals surface area contributed by atoms with Crippen molar-refractivity contribution < 1.29 is 25.8 Å². The Kier molecular flexibility index (Phi) is 12.9. The molecule has 0 spiro atoms. The summed E-state index contributed by atoms with van der Waals surface area (Å²) in [5.41, 5.74) is 14.0. The van der Waals surface area contributed by atoms with Crippen LogP contribution < -0.4 is 14.5 Å². The van der Waals surface area contributed by atoms with Crippen LogP contribution in [-0.2, 0) is 42.7 Å². The standard InChI is InChI=1S/C56H62N4O.CH3.Pt/c1-36-37(2)59(35-58(36)44-28-39(27-42(29-44)55(9,10)11)38-19-21-40(22-20-38)53(3,4)5)45-30-43(56(12,13)14)31-47(33-45)61-46-23-24-49-48-17-15-16-18-50(48)60(51(49)34-46)52-32-41(25-26-57-52)54(6,7)8;;/h15-32H,35H2,1-14H3;1H3;/q-2;-1;. The van der Waals surface area contributed by atoms with E-state index in [9.17, 15) is 0 Å². The monoisotopic (exact) mass is 1020 g/mol. The van der Waals surface area contributed by atoms with Crippen molar-refractivity contribution in [2.45, 2.75) is 119 Å². The fourth-order valence-electron chi connectivity index (χ4n) is 8.27. The number of para-hydroxylation sites is 1. The number of anilines is 2. The number of aromatic nitrogens is 2. The van der Waals surface area contributed by atoms with E-state index in [2.05, 4.69) is 220 Å². The topological polar surface area (TPSA) is 33.5 Å². The van der Waals surface area contributed by atoms with E-state index < -0.39 is 0 Å². The van der Waals surface area contributed by atoms with E-state index >= 15 is 0 Å². The summed E-state index contributed by atoms with van der Waals surface area (Å²) in [6, 6.07) is 45.0. The fourth-order valence-corrected chi connectivity index (χ4v) is 8.27. The zero-order valence-electron chi connectivity index (χ0n) is 40.1. The van der Waals surface area contributed by atoms with Crippen LogP contribution in [0.3, 0.4) is 0 Å². The molecule has 63 heavy (non-hydrogen) atoms. The molecule has 332 valence electrons. The van der Waals surface area contributed by atoms with Crippen molar-refractivity contribution in [2.24, 2.45) is 0 Å². The molecule has 6 heteroatoms. The molecule has 7 aromatic rings. The Bertz CT molecular complexity index is 2820. The Morgan fingerprint density at radius 1 is 0.540 bits per heavy atom. The third-order valence-electron chi connectivity index (χ3n) is 12.4. The van der Waals surface area contributed by atoms with Crippen molar-refractivity contribution in [3.8, 4) is 28.4 Å². The number of hydrogen-bond acceptors (Lipinski definition) is 4. The van der Waals surface area contributed by atoms with Crippen molar-refractivity contribution in [2.75, 3.05) is 16.5 Å². The first-order valence-electron chi connectivity index (χ1n) is 21.7. The van der Waals surface area contributed by atoms with Crippen LogP contribution in [-0.4, -0.2) is 16.2 Å². The van der Waals surface area contributed by atoms with Gasteiger partial charge >= 0.3 is 0 Å². The van der Waals surface area contributed by atoms with Crippen molar-refractivity contribution in [1.82, 2.24) is 9.55 Å². The molecule has 0 N–H and O–H groups in total. The molecule has 1 aliphatic rings. The van der Waals surface area contributed by atoms with Crippen molar-refractivity contribution in [3.63, 3.8) is 0 Å². The second-order valence-corrected chi connectivity index (χ2v) is 21.1. The first kappa shape index (κ1) is 47.4. The van der Waals surface area contributed by atoms with Gasteiger partial charge in [-0.1, -0.05) is 143 Å². The molecule has 0 radical (unpaired) electrons. The summed E-state index contributed by atoms with van der Waals surface area (Å²) in [4.78, 5) is 9.69. The molecule has 0 saturated carbocycles. The molecule has 0 bridgehead atoms. The minimum Gasteiger partial charge on any atom is -0.509 e. The zero-order chi connectivity index (χ0) is 43.8. The minimum absolute atomic E-state index is 0. The zero-order valence-corrected chi connectivity index (χ0v) is 42.4. The van der Waals surface area contributed by atoms with Gasteiger partial charge in [-0.2, -0.15) is 6.07 Å². The van der Waals surface area contributed by atoms with Gasteiger partial charge in [0.25, 0.3) is 0 Å². The van der Waals surface area contributed by atoms with Gasteiger partial charge in [0.15, 0.2) is 0 Å². The average molecular weight is 1020 g/mol. The molecule has 2 aromatic heterocycles. The summed E-state index contributed by atoms with van der Waals surface area (Å²) in [7, 11) is 0. The molecule has 3 heterocycles. The molecular weight excluding hydrogens is 952 g/mol. The van der Waals surface area contributed by atoms with Crippen molar-refractivity contribution in [1.29, 1.82) is 0 Å². The van der Waals surface area contributed by atoms with Gasteiger partial charge in [-0.25, -0.2) is 4.98 Å². The quantitative estimate of drug-likeness (QED) is 0.155. The molecule has 8 rings (SSSR count). The summed E-state index contributed by atoms with van der Waals surface area (Å²) >= 11 is 0. The number of pyridine rings is 1. The molecule has 5 aromatic carbocycles. The Labute approximate surface area is 392 Å². The molecule has 5 nitrogen and oxygen atoms in total. The largest absolute Gasteiger partial charge is 0.509 e. The minimum atomic E-state index is -0.129. The van der Waals surface area contributed by atoms with Crippen LogP contribution in [0.25, 0.3) is 38.8 Å². The summed E-state index contributed by atoms with van der Waals surface area (Å²) < 4.78 is 9.02. The molecule has 0 atom stereocenters. The van der Waals surface area contributed by atoms with Crippen LogP contribution in [0.5, 0.6) is 11.5 Å². The van der Waals surface area contributed by atoms with E-state index in [1.54, 1.807) is 0 Å². The number of nitrogens with zero attached hydrogens (tertiary/aromatic N) is 4. The maximum absolute atomic E-state index is 6.81. The van der Waals surface area contributed by atoms with Gasteiger partial charge < -0.3 is 26.5 Å². The summed E-state index contributed by atoms with van der Waals surface area (Å²) in [5, 5.41) is 2.26. The van der Waals surface area contributed by atoms with E-state index in [1.165, 1.54) is 50.5 Å². The van der Waals surface area contributed by atoms with E-state index in [-0.39, 0.29) is 50.2 Å². The Morgan fingerprint density at radius 3 is 1.81 bits per heavy atom. The SMILES string of the molecule is CC1=C(C)N(c2cc(-c3ccc(C(C)(C)C)cc3)cc(C(C)(C)C)c2)CN1c1[c-]c(Oc2[c-]c3c(cc2)c2ccccc2n3-c2cc(C(C)(C)C)ccn2)cc(C(C)(C)C)c1.[CH3-].[Pt]. The molecule has 0 aliphatic carbocycles. The van der Waals surface area contributed by atoms with Crippen LogP contribution >= 0.6 is 0 Å². The smallest absolute Gasteiger partial charge is 0.135 e. The second-order valence-electron chi connectivity index (χ2n) is 21.1. The average Bonchev–Trinajstić information content (AvgIpc) is 3.69. The van der Waals surface area contributed by atoms with E-state index in [0.717, 1.165) is 33.3 Å². The van der Waals surface area contributed by atoms with Crippen LogP contribution in [0.4, 0.5) is 11.4 Å². The Morgan fingerprint density at radius 2 is 1.16 bits per heavy atom. The number of rotatable bonds is 6. The fraction of sp³-hybridized carbons (Fsp3) is 0.333. The summed E-state index contributed by atoms with van der Waals surface area (Å²) in [5.74, 6) is 2.16. The van der Waals surface area contributed by atoms with Crippen LogP contribution in [0.1, 0.15) is 119 Å². The number of hydrogen-bond donors (Lipinski definition) is 0. The number of fused-ring (bicyclic) bond motifs is 3. The predicted octanol–water partition coefficient (Wildman–Crippen LogP) is 15.4. The maximum Gasteiger partial charge on any atom is 0.135 e. The van der Waals surface area contributed by atoms with Crippen molar-refractivity contribution >= 4 is 33.2 Å². The number of benzene rings is 5. The molecule has 0 fully saturated rings. The molecule has 0 amide bonds. The van der Waals surface area contributed by atoms with Gasteiger partial charge in [0.05, 0.1) is 6.67 Å². The normalized spacial score (nSPS) is 13.7. The van der Waals surface area contributed by atoms with Gasteiger partial charge in [-0.15, -0.1) is 41.3 Å². The molecule has 1 aliphatic heterocycles. The maximum atomic E-state index is 6.81. The first-order chi connectivity index (χ1) is 28.6. The Balaban J connectivity index is 0.00000330. The summed E-state index contributed by atoms with van der Waals surface area (Å²) in [6.45, 7) is 32.3. The first-order valence-corrected chi connectivity index (χ1v) is 21.7. The predicted molar refractivity (Wildman–Crippen MR) is 264 cm³/mol. The van der Waals surface area contributed by atoms with E-state index in [0.29, 0.717) is 18.2 Å². The van der Waals surface area contributed by atoms with E-state index in [4.69, 9.17) is 9.72 Å². The molecular formula is C57H65N4OPt-3. The van der Waals surface area contributed by atoms with E-state index in [1.807, 2.05) is 12.3 Å². The third-order valence-corrected chi connectivity index (χ3v) is 12.4. The number of ether oxygens (including phenoxy) is 1. The van der Waals surface area contributed by atoms with Crippen LogP contribution in [0.2, 0.25) is 0 Å². The van der Waals surface area contributed by atoms with Crippen molar-refractivity contribution in [3.05, 3.63) is 163 Å². The summed E-state index contributed by atoms with van der Waals surface area (Å²) in [6.07, 6.45) is 1.91. The number of allylic oxidation sites excluding steroid dienone is 2. The van der Waals surface area contributed by atoms with Gasteiger partial charge in [-0.05, 0) is 99.0 Å². The van der Waals surface area contributed by atoms with Gasteiger partial charge in [0.1, 0.15) is 5.82 Å². The van der Waals surface area contributed by atoms with Crippen LogP contribution in [0, 0.1) is 19.6 Å². The van der Waals surface area contributed by atoms with Crippen LogP contribution in [0.15, 0.2) is 121 Å². The van der Waals surface area contributed by atoms with Gasteiger partial charge in [0.2, 0.25) is 0 Å².